The van der Waals surface area contributed by atoms with Crippen molar-refractivity contribution in [2.75, 3.05) is 48.3 Å². The van der Waals surface area contributed by atoms with E-state index in [0.29, 0.717) is 36.0 Å². The summed E-state index contributed by atoms with van der Waals surface area (Å²) in [5.41, 5.74) is 2.09. The van der Waals surface area contributed by atoms with Gasteiger partial charge in [-0.05, 0) is 53.1 Å². The van der Waals surface area contributed by atoms with E-state index in [-0.39, 0.29) is 47.0 Å². The number of aromatic hydroxyl groups is 2. The minimum Gasteiger partial charge on any atom is -0.504 e. The molecule has 42 heavy (non-hydrogen) atoms. The van der Waals surface area contributed by atoms with Crippen molar-refractivity contribution in [1.82, 2.24) is 0 Å². The zero-order valence-electron chi connectivity index (χ0n) is 23.9. The Morgan fingerprint density at radius 3 is 1.76 bits per heavy atom. The smallest absolute Gasteiger partial charge is 0.204 e. The molecule has 0 saturated carbocycles. The molecule has 4 N–H and O–H groups in total. The molecule has 11 nitrogen and oxygen atoms in total. The number of aliphatic hydroxyl groups is 2. The topological polar surface area (TPSA) is 146 Å². The predicted octanol–water partition coefficient (Wildman–Crippen LogP) is 3.68. The van der Waals surface area contributed by atoms with Crippen LogP contribution in [0.15, 0.2) is 48.5 Å². The molecule has 0 spiro atoms. The number of benzene rings is 3. The van der Waals surface area contributed by atoms with Gasteiger partial charge in [0.25, 0.3) is 0 Å². The predicted molar refractivity (Wildman–Crippen MR) is 150 cm³/mol. The number of aliphatic hydroxyl groups excluding tert-OH is 2. The molecule has 3 aromatic carbocycles. The average molecular weight is 585 g/mol. The highest BCUT2D eigenvalue weighted by atomic mass is 16.6. The second-order valence-electron chi connectivity index (χ2n) is 10.2. The van der Waals surface area contributed by atoms with E-state index in [9.17, 15) is 20.4 Å². The lowest BCUT2D eigenvalue weighted by molar-refractivity contribution is -0.00197. The van der Waals surface area contributed by atoms with Crippen LogP contribution in [0.25, 0.3) is 0 Å². The van der Waals surface area contributed by atoms with Gasteiger partial charge in [0.1, 0.15) is 6.10 Å². The molecule has 2 heterocycles. The van der Waals surface area contributed by atoms with Crippen LogP contribution in [0, 0.1) is 11.8 Å². The fraction of sp³-hybridized carbons (Fsp3) is 0.419. The van der Waals surface area contributed by atoms with E-state index in [2.05, 4.69) is 0 Å². The number of phenols is 2. The maximum atomic E-state index is 11.0. The van der Waals surface area contributed by atoms with Crippen LogP contribution < -0.4 is 23.7 Å². The van der Waals surface area contributed by atoms with Crippen molar-refractivity contribution in [3.63, 3.8) is 0 Å². The van der Waals surface area contributed by atoms with Gasteiger partial charge < -0.3 is 53.6 Å². The summed E-state index contributed by atoms with van der Waals surface area (Å²) >= 11 is 0. The maximum Gasteiger partial charge on any atom is 0.204 e. The summed E-state index contributed by atoms with van der Waals surface area (Å²) in [6, 6.07) is 13.2. The maximum absolute atomic E-state index is 11.0. The van der Waals surface area contributed by atoms with E-state index in [1.165, 1.54) is 46.6 Å². The van der Waals surface area contributed by atoms with Crippen LogP contribution in [0.3, 0.4) is 0 Å². The third kappa shape index (κ3) is 5.48. The van der Waals surface area contributed by atoms with E-state index in [4.69, 9.17) is 33.2 Å². The highest BCUT2D eigenvalue weighted by Crippen LogP contribution is 2.53. The summed E-state index contributed by atoms with van der Waals surface area (Å²) in [6.07, 6.45) is -2.87. The van der Waals surface area contributed by atoms with Crippen LogP contribution in [-0.4, -0.2) is 74.8 Å². The zero-order chi connectivity index (χ0) is 30.0. The van der Waals surface area contributed by atoms with E-state index in [1.807, 2.05) is 6.07 Å². The lowest BCUT2D eigenvalue weighted by Crippen LogP contribution is -2.29. The van der Waals surface area contributed by atoms with Gasteiger partial charge in [-0.1, -0.05) is 12.1 Å². The van der Waals surface area contributed by atoms with Crippen LogP contribution in [0.5, 0.6) is 40.2 Å². The van der Waals surface area contributed by atoms with Gasteiger partial charge in [-0.15, -0.1) is 0 Å². The molecule has 6 atom stereocenters. The monoisotopic (exact) mass is 584 g/mol. The Bertz CT molecular complexity index is 1370. The molecular weight excluding hydrogens is 548 g/mol. The van der Waals surface area contributed by atoms with Crippen molar-refractivity contribution in [3.05, 3.63) is 65.2 Å². The van der Waals surface area contributed by atoms with Crippen LogP contribution in [0.1, 0.15) is 35.0 Å². The Morgan fingerprint density at radius 2 is 1.21 bits per heavy atom. The largest absolute Gasteiger partial charge is 0.504 e. The Hall–Kier alpha value is -3.90. The van der Waals surface area contributed by atoms with E-state index >= 15 is 0 Å². The molecule has 2 aliphatic rings. The van der Waals surface area contributed by atoms with E-state index < -0.39 is 18.8 Å². The first-order valence-corrected chi connectivity index (χ1v) is 13.5. The van der Waals surface area contributed by atoms with Crippen molar-refractivity contribution in [2.24, 2.45) is 11.8 Å². The number of ether oxygens (including phenoxy) is 7. The summed E-state index contributed by atoms with van der Waals surface area (Å²) in [5.74, 6) is 1.56. The van der Waals surface area contributed by atoms with Crippen molar-refractivity contribution in [1.29, 1.82) is 0 Å². The van der Waals surface area contributed by atoms with Crippen molar-refractivity contribution >= 4 is 0 Å². The molecule has 2 saturated heterocycles. The zero-order valence-corrected chi connectivity index (χ0v) is 23.9. The van der Waals surface area contributed by atoms with Crippen molar-refractivity contribution in [3.8, 4) is 40.2 Å². The number of hydrogen-bond acceptors (Lipinski definition) is 11. The van der Waals surface area contributed by atoms with Gasteiger partial charge in [0.05, 0.1) is 60.5 Å². The van der Waals surface area contributed by atoms with Gasteiger partial charge in [-0.3, -0.25) is 0 Å². The Labute approximate surface area is 243 Å². The first kappa shape index (κ1) is 29.6. The molecule has 0 amide bonds. The van der Waals surface area contributed by atoms with Gasteiger partial charge in [0, 0.05) is 11.8 Å². The first-order valence-electron chi connectivity index (χ1n) is 13.5. The SMILES string of the molecule is COc1cc([C@@H](O)[C@@H](CO)Oc2c(OC)cc([C@@H]3OC[C@H]4[C@H]3CO[C@@H]4c3ccc(O)c(OC)c3)cc2OC)ccc1O. The van der Waals surface area contributed by atoms with Gasteiger partial charge in [0.2, 0.25) is 5.75 Å². The van der Waals surface area contributed by atoms with E-state index in [1.54, 1.807) is 24.3 Å². The summed E-state index contributed by atoms with van der Waals surface area (Å²) in [7, 11) is 5.90. The molecule has 2 fully saturated rings. The van der Waals surface area contributed by atoms with Gasteiger partial charge in [0.15, 0.2) is 40.6 Å². The second-order valence-corrected chi connectivity index (χ2v) is 10.2. The fourth-order valence-electron chi connectivity index (χ4n) is 5.73. The summed E-state index contributed by atoms with van der Waals surface area (Å²) in [5, 5.41) is 41.0. The van der Waals surface area contributed by atoms with Gasteiger partial charge in [-0.25, -0.2) is 0 Å². The minimum atomic E-state index is -1.26. The van der Waals surface area contributed by atoms with Gasteiger partial charge >= 0.3 is 0 Å². The number of rotatable bonds is 11. The molecule has 3 aromatic rings. The number of fused-ring (bicyclic) bond motifs is 1. The lowest BCUT2D eigenvalue weighted by Gasteiger charge is -2.26. The molecule has 0 radical (unpaired) electrons. The highest BCUT2D eigenvalue weighted by molar-refractivity contribution is 5.55. The molecule has 226 valence electrons. The fourth-order valence-corrected chi connectivity index (χ4v) is 5.73. The summed E-state index contributed by atoms with van der Waals surface area (Å²) in [6.45, 7) is 0.427. The number of phenolic OH excluding ortho intramolecular Hbond substituents is 2. The third-order valence-corrected chi connectivity index (χ3v) is 7.95. The van der Waals surface area contributed by atoms with Crippen LogP contribution in [0.4, 0.5) is 0 Å². The Morgan fingerprint density at radius 1 is 0.714 bits per heavy atom. The third-order valence-electron chi connectivity index (χ3n) is 7.95. The number of methoxy groups -OCH3 is 4. The van der Waals surface area contributed by atoms with E-state index in [0.717, 1.165) is 11.1 Å². The lowest BCUT2D eigenvalue weighted by atomic mass is 9.84. The average Bonchev–Trinajstić information content (AvgIpc) is 3.62. The quantitative estimate of drug-likeness (QED) is 0.262. The van der Waals surface area contributed by atoms with Crippen molar-refractivity contribution in [2.45, 2.75) is 24.4 Å². The molecule has 5 rings (SSSR count). The van der Waals surface area contributed by atoms with Crippen LogP contribution >= 0.6 is 0 Å². The van der Waals surface area contributed by atoms with Crippen molar-refractivity contribution < 1.29 is 53.6 Å². The summed E-state index contributed by atoms with van der Waals surface area (Å²) < 4.78 is 40.3. The molecular formula is C31H36O11. The Kier molecular flexibility index (Phi) is 8.83. The first-order chi connectivity index (χ1) is 20.3. The van der Waals surface area contributed by atoms with Gasteiger partial charge in [-0.2, -0.15) is 0 Å². The van der Waals surface area contributed by atoms with Crippen LogP contribution in [-0.2, 0) is 9.47 Å². The molecule has 2 aliphatic heterocycles. The molecule has 0 aliphatic carbocycles. The Balaban J connectivity index is 1.39. The molecule has 0 bridgehead atoms. The molecule has 11 heteroatoms. The number of hydrogen-bond donors (Lipinski definition) is 4. The molecule has 0 unspecified atom stereocenters. The van der Waals surface area contributed by atoms with Crippen LogP contribution in [0.2, 0.25) is 0 Å². The highest BCUT2D eigenvalue weighted by Gasteiger charge is 2.48. The molecule has 0 aromatic heterocycles. The standard InChI is InChI=1S/C31H36O11/c1-36-23-9-16(5-7-21(23)33)28(35)27(13-32)42-31-25(38-3)11-18(12-26(31)39-4)30-20-15-40-29(19(20)14-41-30)17-6-8-22(34)24(10-17)37-2/h5-12,19-20,27-30,32-35H,13-15H2,1-4H3/t19-,20+,27+,28+,29+,30-/m0/s1. The normalized spacial score (nSPS) is 22.7. The summed E-state index contributed by atoms with van der Waals surface area (Å²) in [4.78, 5) is 0. The minimum absolute atomic E-state index is 0.0486. The second kappa shape index (κ2) is 12.5.